The standard InChI is InChI=1S/C19H27F2N3O3S/c1-14-4-2-3-5-17(14)22-19(25)13-23-8-10-24(11-9-23)28(26,27)18-7-6-15(20)12-16(18)21/h6-7,12,14,17H,2-5,8-11,13H2,1H3,(H,22,25)/p+1/t14-,17-/m0/s1. The number of sulfonamides is 1. The van der Waals surface area contributed by atoms with Crippen molar-refractivity contribution in [3.05, 3.63) is 29.8 Å². The van der Waals surface area contributed by atoms with Crippen LogP contribution in [0.25, 0.3) is 0 Å². The van der Waals surface area contributed by atoms with Crippen molar-refractivity contribution in [1.82, 2.24) is 9.62 Å². The van der Waals surface area contributed by atoms with Gasteiger partial charge in [0.25, 0.3) is 5.91 Å². The third-order valence-corrected chi connectivity index (χ3v) is 7.74. The Morgan fingerprint density at radius 3 is 2.54 bits per heavy atom. The maximum atomic E-state index is 13.9. The van der Waals surface area contributed by atoms with Crippen molar-refractivity contribution in [3.63, 3.8) is 0 Å². The van der Waals surface area contributed by atoms with E-state index < -0.39 is 26.6 Å². The Kier molecular flexibility index (Phi) is 6.67. The zero-order valence-electron chi connectivity index (χ0n) is 16.1. The topological polar surface area (TPSA) is 70.9 Å². The molecule has 1 aromatic carbocycles. The van der Waals surface area contributed by atoms with Gasteiger partial charge in [0.2, 0.25) is 10.0 Å². The van der Waals surface area contributed by atoms with Crippen LogP contribution in [0.15, 0.2) is 23.1 Å². The predicted octanol–water partition coefficient (Wildman–Crippen LogP) is 0.549. The molecule has 0 spiro atoms. The Balaban J connectivity index is 1.53. The molecule has 1 aliphatic carbocycles. The largest absolute Gasteiger partial charge is 0.348 e. The van der Waals surface area contributed by atoms with Crippen molar-refractivity contribution in [1.29, 1.82) is 0 Å². The van der Waals surface area contributed by atoms with Gasteiger partial charge in [-0.05, 0) is 30.9 Å². The van der Waals surface area contributed by atoms with Gasteiger partial charge >= 0.3 is 0 Å². The molecule has 2 aliphatic rings. The van der Waals surface area contributed by atoms with Gasteiger partial charge in [0.05, 0.1) is 26.2 Å². The summed E-state index contributed by atoms with van der Waals surface area (Å²) in [4.78, 5) is 12.8. The normalized spacial score (nSPS) is 24.8. The summed E-state index contributed by atoms with van der Waals surface area (Å²) in [6.45, 7) is 3.80. The van der Waals surface area contributed by atoms with E-state index in [4.69, 9.17) is 0 Å². The highest BCUT2D eigenvalue weighted by Crippen LogP contribution is 2.23. The third-order valence-electron chi connectivity index (χ3n) is 5.81. The monoisotopic (exact) mass is 416 g/mol. The molecule has 156 valence electrons. The fourth-order valence-electron chi connectivity index (χ4n) is 4.06. The second kappa shape index (κ2) is 8.84. The minimum atomic E-state index is -4.01. The molecule has 1 aromatic rings. The average molecular weight is 417 g/mol. The first-order valence-electron chi connectivity index (χ1n) is 9.85. The summed E-state index contributed by atoms with van der Waals surface area (Å²) in [5.74, 6) is -1.42. The molecule has 0 radical (unpaired) electrons. The summed E-state index contributed by atoms with van der Waals surface area (Å²) in [5.41, 5.74) is 0. The molecule has 28 heavy (non-hydrogen) atoms. The maximum Gasteiger partial charge on any atom is 0.275 e. The molecule has 2 atom stereocenters. The molecule has 0 aromatic heterocycles. The van der Waals surface area contributed by atoms with E-state index in [2.05, 4.69) is 12.2 Å². The van der Waals surface area contributed by atoms with E-state index in [0.717, 1.165) is 36.3 Å². The molecule has 9 heteroatoms. The maximum absolute atomic E-state index is 13.9. The van der Waals surface area contributed by atoms with Crippen molar-refractivity contribution in [2.45, 2.75) is 43.5 Å². The minimum Gasteiger partial charge on any atom is -0.348 e. The third kappa shape index (κ3) is 4.87. The first kappa shape index (κ1) is 21.1. The molecule has 2 N–H and O–H groups in total. The fraction of sp³-hybridized carbons (Fsp3) is 0.632. The molecule has 2 fully saturated rings. The number of hydrogen-bond donors (Lipinski definition) is 2. The summed E-state index contributed by atoms with van der Waals surface area (Å²) in [5, 5.41) is 3.12. The highest BCUT2D eigenvalue weighted by Gasteiger charge is 2.33. The van der Waals surface area contributed by atoms with Crippen molar-refractivity contribution < 1.29 is 26.9 Å². The predicted molar refractivity (Wildman–Crippen MR) is 100 cm³/mol. The van der Waals surface area contributed by atoms with E-state index in [1.807, 2.05) is 0 Å². The Bertz CT molecular complexity index is 811. The van der Waals surface area contributed by atoms with Crippen LogP contribution in [-0.4, -0.2) is 57.4 Å². The van der Waals surface area contributed by atoms with Crippen molar-refractivity contribution in [2.75, 3.05) is 32.7 Å². The molecule has 1 saturated heterocycles. The van der Waals surface area contributed by atoms with Crippen LogP contribution >= 0.6 is 0 Å². The first-order valence-corrected chi connectivity index (χ1v) is 11.3. The van der Waals surface area contributed by atoms with Gasteiger partial charge < -0.3 is 10.2 Å². The molecule has 1 amide bonds. The Morgan fingerprint density at radius 1 is 1.21 bits per heavy atom. The molecular formula is C19H28F2N3O3S+. The van der Waals surface area contributed by atoms with Crippen LogP contribution in [0.4, 0.5) is 8.78 Å². The van der Waals surface area contributed by atoms with Gasteiger partial charge in [-0.25, -0.2) is 17.2 Å². The molecule has 3 rings (SSSR count). The van der Waals surface area contributed by atoms with Crippen LogP contribution in [0.2, 0.25) is 0 Å². The molecular weight excluding hydrogens is 388 g/mol. The Morgan fingerprint density at radius 2 is 1.89 bits per heavy atom. The van der Waals surface area contributed by atoms with Crippen LogP contribution in [0, 0.1) is 17.6 Å². The van der Waals surface area contributed by atoms with E-state index in [9.17, 15) is 22.0 Å². The van der Waals surface area contributed by atoms with Gasteiger partial charge in [0.1, 0.15) is 16.5 Å². The SMILES string of the molecule is C[C@H]1CCCC[C@@H]1NC(=O)C[NH+]1CCN(S(=O)(=O)c2ccc(F)cc2F)CC1. The number of nitrogens with zero attached hydrogens (tertiary/aromatic N) is 1. The molecule has 0 bridgehead atoms. The van der Waals surface area contributed by atoms with Crippen LogP contribution in [-0.2, 0) is 14.8 Å². The lowest BCUT2D eigenvalue weighted by Crippen LogP contribution is -3.15. The van der Waals surface area contributed by atoms with Gasteiger partial charge in [-0.2, -0.15) is 4.31 Å². The lowest BCUT2D eigenvalue weighted by Gasteiger charge is -2.33. The molecule has 1 heterocycles. The van der Waals surface area contributed by atoms with Gasteiger partial charge in [0, 0.05) is 12.1 Å². The summed E-state index contributed by atoms with van der Waals surface area (Å²) in [6, 6.07) is 2.70. The first-order chi connectivity index (χ1) is 13.3. The number of carbonyl (C=O) groups excluding carboxylic acids is 1. The van der Waals surface area contributed by atoms with E-state index in [1.165, 1.54) is 10.7 Å². The minimum absolute atomic E-state index is 0.00497. The van der Waals surface area contributed by atoms with Crippen LogP contribution in [0.5, 0.6) is 0 Å². The summed E-state index contributed by atoms with van der Waals surface area (Å²) in [7, 11) is -4.01. The number of rotatable bonds is 5. The number of piperazine rings is 1. The smallest absolute Gasteiger partial charge is 0.275 e. The number of benzene rings is 1. The Hall–Kier alpha value is -1.58. The molecule has 0 unspecified atom stereocenters. The molecule has 6 nitrogen and oxygen atoms in total. The highest BCUT2D eigenvalue weighted by molar-refractivity contribution is 7.89. The molecule has 1 saturated carbocycles. The number of halogens is 2. The Labute approximate surface area is 164 Å². The van der Waals surface area contributed by atoms with Crippen LogP contribution in [0.3, 0.4) is 0 Å². The summed E-state index contributed by atoms with van der Waals surface area (Å²) in [6.07, 6.45) is 4.49. The van der Waals surface area contributed by atoms with E-state index >= 15 is 0 Å². The van der Waals surface area contributed by atoms with Crippen molar-refractivity contribution in [3.8, 4) is 0 Å². The lowest BCUT2D eigenvalue weighted by molar-refractivity contribution is -0.895. The van der Waals surface area contributed by atoms with E-state index in [1.54, 1.807) is 0 Å². The van der Waals surface area contributed by atoms with E-state index in [-0.39, 0.29) is 25.0 Å². The average Bonchev–Trinajstić information content (AvgIpc) is 2.64. The van der Waals surface area contributed by atoms with Crippen LogP contribution in [0.1, 0.15) is 32.6 Å². The zero-order valence-corrected chi connectivity index (χ0v) is 16.9. The number of quaternary nitrogens is 1. The fourth-order valence-corrected chi connectivity index (χ4v) is 5.55. The van der Waals surface area contributed by atoms with Crippen molar-refractivity contribution >= 4 is 15.9 Å². The lowest BCUT2D eigenvalue weighted by atomic mass is 9.86. The summed E-state index contributed by atoms with van der Waals surface area (Å²) < 4.78 is 53.4. The zero-order chi connectivity index (χ0) is 20.3. The molecule has 1 aliphatic heterocycles. The van der Waals surface area contributed by atoms with Crippen LogP contribution < -0.4 is 10.2 Å². The van der Waals surface area contributed by atoms with Gasteiger partial charge in [-0.1, -0.05) is 19.8 Å². The number of carbonyl (C=O) groups is 1. The van der Waals surface area contributed by atoms with Gasteiger partial charge in [0.15, 0.2) is 6.54 Å². The number of amides is 1. The van der Waals surface area contributed by atoms with Gasteiger partial charge in [-0.15, -0.1) is 0 Å². The van der Waals surface area contributed by atoms with Gasteiger partial charge in [-0.3, -0.25) is 4.79 Å². The quantitative estimate of drug-likeness (QED) is 0.737. The highest BCUT2D eigenvalue weighted by atomic mass is 32.2. The summed E-state index contributed by atoms with van der Waals surface area (Å²) >= 11 is 0. The number of nitrogens with one attached hydrogen (secondary N) is 2. The van der Waals surface area contributed by atoms with E-state index in [0.29, 0.717) is 31.6 Å². The van der Waals surface area contributed by atoms with Crippen molar-refractivity contribution in [2.24, 2.45) is 5.92 Å². The second-order valence-corrected chi connectivity index (χ2v) is 9.75. The number of hydrogen-bond acceptors (Lipinski definition) is 3. The second-order valence-electron chi connectivity index (χ2n) is 7.84.